The predicted molar refractivity (Wildman–Crippen MR) is 261 cm³/mol. The zero-order valence-corrected chi connectivity index (χ0v) is 41.4. The van der Waals surface area contributed by atoms with Crippen LogP contribution in [0.2, 0.25) is 0 Å². The number of aryl methyl sites for hydroxylation is 1. The lowest BCUT2D eigenvalue weighted by Crippen LogP contribution is -2.64. The maximum atomic E-state index is 15.2. The number of aromatic nitrogens is 4. The Morgan fingerprint density at radius 3 is 2.06 bits per heavy atom. The van der Waals surface area contributed by atoms with Crippen molar-refractivity contribution >= 4 is 51.1 Å². The lowest BCUT2D eigenvalue weighted by Gasteiger charge is -2.45. The summed E-state index contributed by atoms with van der Waals surface area (Å²) in [6, 6.07) is 5.95. The first kappa shape index (κ1) is 52.8. The van der Waals surface area contributed by atoms with E-state index in [2.05, 4.69) is 30.4 Å². The molecule has 6 aliphatic rings. The van der Waals surface area contributed by atoms with Crippen molar-refractivity contribution in [1.29, 1.82) is 0 Å². The van der Waals surface area contributed by atoms with E-state index in [9.17, 15) is 45.3 Å². The van der Waals surface area contributed by atoms with Crippen LogP contribution in [-0.2, 0) is 28.5 Å². The first-order valence-corrected chi connectivity index (χ1v) is 24.3. The zero-order chi connectivity index (χ0) is 52.0. The van der Waals surface area contributed by atoms with E-state index in [1.54, 1.807) is 0 Å². The van der Waals surface area contributed by atoms with Gasteiger partial charge in [-0.05, 0) is 91.7 Å². The average molecular weight is 1000 g/mol. The van der Waals surface area contributed by atoms with Gasteiger partial charge in [0.1, 0.15) is 48.8 Å². The molecule has 20 heteroatoms. The Hall–Kier alpha value is -5.49. The van der Waals surface area contributed by atoms with E-state index in [1.807, 2.05) is 45.9 Å². The number of aliphatic hydroxyl groups is 7. The van der Waals surface area contributed by atoms with E-state index < -0.39 is 92.4 Å². The summed E-state index contributed by atoms with van der Waals surface area (Å²) in [5.74, 6) is -2.17. The molecule has 0 saturated carbocycles. The van der Waals surface area contributed by atoms with Gasteiger partial charge in [-0.25, -0.2) is 9.97 Å². The molecule has 8 rings (SSSR count). The van der Waals surface area contributed by atoms with Gasteiger partial charge in [-0.1, -0.05) is 39.5 Å². The van der Waals surface area contributed by atoms with Crippen LogP contribution in [0.3, 0.4) is 0 Å². The third kappa shape index (κ3) is 9.61. The number of hydrogen-bond acceptors (Lipinski definition) is 17. The van der Waals surface area contributed by atoms with Crippen LogP contribution in [0, 0.1) is 6.92 Å². The monoisotopic (exact) mass is 999 g/mol. The summed E-state index contributed by atoms with van der Waals surface area (Å²) >= 11 is 0. The standard InChI is InChI=1S/C52H65N5O15/c1-9-27-23(4)30-16-32-25(6)29(13-14-38(60)68-8)41(55-32)40-42-39(26(7)33(56-42)18-35-28(10-2)24(5)31(54-35)17-34(27)53-30)49(66)57(50(40)67)19-22(3)12-11-15-69-51-47(65)45(63)48(37(21-59)71-51)72-52-46(64)44(62)43(61)36(20-58)70-52/h11-12,16-18,25,29,36-37,43-48,51-52,55-56,58-59,61-65H,3,9-10,13-15,19-21H2,1-2,4-8H3/b12-11+,32-16?,34-17?,35-18?,41-40?/t25-,29-,36+,37+,43-,44-,45+,46+,47+,48+,51+,52-/m0/s1. The minimum Gasteiger partial charge on any atom is -0.469 e. The molecule has 6 aliphatic heterocycles. The lowest BCUT2D eigenvalue weighted by molar-refractivity contribution is -0.358. The maximum absolute atomic E-state index is 15.2. The lowest BCUT2D eigenvalue weighted by atomic mass is 9.84. The van der Waals surface area contributed by atoms with E-state index >= 15 is 4.79 Å². The van der Waals surface area contributed by atoms with Gasteiger partial charge in [-0.3, -0.25) is 19.3 Å². The van der Waals surface area contributed by atoms with Gasteiger partial charge in [0.15, 0.2) is 12.6 Å². The Balaban J connectivity index is 1.10. The van der Waals surface area contributed by atoms with Gasteiger partial charge in [0, 0.05) is 35.2 Å². The van der Waals surface area contributed by atoms with Gasteiger partial charge in [-0.15, -0.1) is 0 Å². The molecule has 20 nitrogen and oxygen atoms in total. The molecule has 388 valence electrons. The van der Waals surface area contributed by atoms with Gasteiger partial charge in [0.2, 0.25) is 0 Å². The van der Waals surface area contributed by atoms with Gasteiger partial charge >= 0.3 is 5.97 Å². The summed E-state index contributed by atoms with van der Waals surface area (Å²) in [5.41, 5.74) is 11.0. The first-order chi connectivity index (χ1) is 34.4. The fraction of sp³-hybridized carbons (Fsp3) is 0.519. The summed E-state index contributed by atoms with van der Waals surface area (Å²) in [4.78, 5) is 61.0. The molecule has 0 radical (unpaired) electrons. The number of nitrogens with one attached hydrogen (secondary N) is 2. The van der Waals surface area contributed by atoms with Crippen molar-refractivity contribution in [3.8, 4) is 0 Å². The van der Waals surface area contributed by atoms with E-state index in [1.165, 1.54) is 19.3 Å². The quantitative estimate of drug-likeness (QED) is 0.0703. The number of fused-ring (bicyclic) bond motifs is 8. The van der Waals surface area contributed by atoms with Crippen molar-refractivity contribution in [3.63, 3.8) is 0 Å². The molecule has 2 aromatic rings. The van der Waals surface area contributed by atoms with E-state index in [4.69, 9.17) is 33.7 Å². The third-order valence-corrected chi connectivity index (χ3v) is 14.7. The highest BCUT2D eigenvalue weighted by Crippen LogP contribution is 2.45. The Morgan fingerprint density at radius 1 is 0.806 bits per heavy atom. The van der Waals surface area contributed by atoms with Gasteiger partial charge in [0.05, 0.1) is 72.9 Å². The fourth-order valence-electron chi connectivity index (χ4n) is 10.5. The number of amides is 2. The van der Waals surface area contributed by atoms with Crippen molar-refractivity contribution in [2.24, 2.45) is 0 Å². The number of allylic oxidation sites excluding steroid dienone is 4. The molecule has 9 N–H and O–H groups in total. The minimum absolute atomic E-state index is 0.0725. The summed E-state index contributed by atoms with van der Waals surface area (Å²) < 4.78 is 27.5. The van der Waals surface area contributed by atoms with Crippen LogP contribution in [0.1, 0.15) is 133 Å². The molecule has 72 heavy (non-hydrogen) atoms. The van der Waals surface area contributed by atoms with Crippen molar-refractivity contribution in [3.05, 3.63) is 93.4 Å². The first-order valence-electron chi connectivity index (χ1n) is 24.3. The number of aliphatic hydroxyl groups excluding tert-OH is 7. The molecule has 2 saturated heterocycles. The number of imide groups is 1. The minimum atomic E-state index is -1.82. The summed E-state index contributed by atoms with van der Waals surface area (Å²) in [5, 5.41) is 72.6. The van der Waals surface area contributed by atoms with Crippen LogP contribution >= 0.6 is 0 Å². The molecule has 2 amide bonds. The van der Waals surface area contributed by atoms with Crippen molar-refractivity contribution in [2.75, 3.05) is 33.5 Å². The second kappa shape index (κ2) is 21.5. The number of methoxy groups -OCH3 is 1. The maximum Gasteiger partial charge on any atom is 0.305 e. The smallest absolute Gasteiger partial charge is 0.305 e. The average Bonchev–Trinajstić information content (AvgIpc) is 4.05. The fourth-order valence-corrected chi connectivity index (χ4v) is 10.5. The molecule has 0 aromatic carbocycles. The Labute approximate surface area is 416 Å². The SMILES string of the molecule is C=C(/C=C/CO[C@@H]1O[C@H](CO)[C@@H](O[C@@H]2O[C@H](CO)[C@H](O)[C@H](O)[C@H]2O)[C@H](O)[C@H]1O)CN1C(=O)c2c3[nH]c(cc4nc(cc5nc(cc6[nH]c2c(c6C)C1=O)C(CC)=C5C)C(CC)=C4C)[C@@H](C)[C@@H]3CCC(=O)OC. The third-order valence-electron chi connectivity index (χ3n) is 14.7. The number of H-pyrrole nitrogens is 2. The normalized spacial score (nSPS) is 29.1. The van der Waals surface area contributed by atoms with Crippen molar-refractivity contribution in [1.82, 2.24) is 24.8 Å². The molecule has 8 heterocycles. The van der Waals surface area contributed by atoms with Gasteiger partial charge in [0.25, 0.3) is 11.8 Å². The Morgan fingerprint density at radius 2 is 1.42 bits per heavy atom. The summed E-state index contributed by atoms with van der Waals surface area (Å²) in [6.45, 7) is 14.3. The number of hydrogen-bond donors (Lipinski definition) is 9. The molecule has 12 atom stereocenters. The molecule has 8 bridgehead atoms. The highest BCUT2D eigenvalue weighted by atomic mass is 16.7. The Bertz CT molecular complexity index is 2790. The van der Waals surface area contributed by atoms with E-state index in [0.29, 0.717) is 46.3 Å². The number of rotatable bonds is 15. The van der Waals surface area contributed by atoms with Gasteiger partial charge < -0.3 is 69.4 Å². The highest BCUT2D eigenvalue weighted by Gasteiger charge is 2.51. The van der Waals surface area contributed by atoms with Crippen LogP contribution in [0.4, 0.5) is 0 Å². The van der Waals surface area contributed by atoms with E-state index in [-0.39, 0.29) is 37.0 Å². The molecular weight excluding hydrogens is 935 g/mol. The highest BCUT2D eigenvalue weighted by molar-refractivity contribution is 6.23. The molecule has 0 spiro atoms. The van der Waals surface area contributed by atoms with Crippen molar-refractivity contribution in [2.45, 2.75) is 140 Å². The number of ether oxygens (including phenoxy) is 5. The molecule has 2 fully saturated rings. The van der Waals surface area contributed by atoms with Crippen LogP contribution in [-0.4, -0.2) is 173 Å². The number of nitrogens with zero attached hydrogens (tertiary/aromatic N) is 3. The number of aromatic amines is 2. The van der Waals surface area contributed by atoms with Crippen LogP contribution in [0.15, 0.2) is 42.5 Å². The number of carbonyl (C=O) groups is 3. The predicted octanol–water partition coefficient (Wildman–Crippen LogP) is 3.22. The Kier molecular flexibility index (Phi) is 15.8. The van der Waals surface area contributed by atoms with Crippen molar-refractivity contribution < 1.29 is 73.8 Å². The van der Waals surface area contributed by atoms with E-state index in [0.717, 1.165) is 62.1 Å². The summed E-state index contributed by atoms with van der Waals surface area (Å²) in [6.07, 6.45) is -11.3. The molecule has 0 aliphatic carbocycles. The molecular formula is C52H65N5O15. The van der Waals surface area contributed by atoms with Crippen LogP contribution < -0.4 is 0 Å². The number of esters is 1. The van der Waals surface area contributed by atoms with Gasteiger partial charge in [-0.2, -0.15) is 0 Å². The molecule has 0 unspecified atom stereocenters. The summed E-state index contributed by atoms with van der Waals surface area (Å²) in [7, 11) is 1.33. The zero-order valence-electron chi connectivity index (χ0n) is 41.4. The second-order valence-corrected chi connectivity index (χ2v) is 19.0. The second-order valence-electron chi connectivity index (χ2n) is 19.0. The number of carbonyl (C=O) groups excluding carboxylic acids is 3. The molecule has 2 aromatic heterocycles. The van der Waals surface area contributed by atoms with Crippen LogP contribution in [0.25, 0.3) is 33.3 Å². The van der Waals surface area contributed by atoms with Crippen LogP contribution in [0.5, 0.6) is 0 Å². The topological polar surface area (TPSA) is 300 Å². The largest absolute Gasteiger partial charge is 0.469 e.